The molecule has 0 aliphatic carbocycles. The molecule has 0 radical (unpaired) electrons. The minimum absolute atomic E-state index is 0.545. The number of rotatable bonds is 3. The lowest BCUT2D eigenvalue weighted by atomic mass is 10.1. The SMILES string of the molecule is c1cc(CNC2CCCOC2)c[nH]1. The summed E-state index contributed by atoms with van der Waals surface area (Å²) in [6, 6.07) is 2.64. The van der Waals surface area contributed by atoms with Crippen molar-refractivity contribution in [2.24, 2.45) is 0 Å². The normalized spacial score (nSPS) is 23.2. The fraction of sp³-hybridized carbons (Fsp3) is 0.600. The molecule has 0 aromatic carbocycles. The molecule has 3 nitrogen and oxygen atoms in total. The average molecular weight is 180 g/mol. The van der Waals surface area contributed by atoms with Gasteiger partial charge in [-0.25, -0.2) is 0 Å². The molecule has 0 amide bonds. The van der Waals surface area contributed by atoms with E-state index in [0.29, 0.717) is 6.04 Å². The van der Waals surface area contributed by atoms with Gasteiger partial charge in [-0.15, -0.1) is 0 Å². The topological polar surface area (TPSA) is 37.0 Å². The Morgan fingerprint density at radius 1 is 1.62 bits per heavy atom. The highest BCUT2D eigenvalue weighted by atomic mass is 16.5. The predicted molar refractivity (Wildman–Crippen MR) is 51.5 cm³/mol. The second-order valence-corrected chi connectivity index (χ2v) is 3.51. The molecule has 1 atom stereocenters. The van der Waals surface area contributed by atoms with Crippen LogP contribution in [0.2, 0.25) is 0 Å². The summed E-state index contributed by atoms with van der Waals surface area (Å²) in [4.78, 5) is 3.05. The molecule has 1 aliphatic heterocycles. The number of hydrogen-bond acceptors (Lipinski definition) is 2. The Hall–Kier alpha value is -0.800. The molecular weight excluding hydrogens is 164 g/mol. The molecule has 3 heteroatoms. The van der Waals surface area contributed by atoms with E-state index in [-0.39, 0.29) is 0 Å². The predicted octanol–water partition coefficient (Wildman–Crippen LogP) is 1.28. The van der Waals surface area contributed by atoms with Gasteiger partial charge in [0.05, 0.1) is 6.61 Å². The van der Waals surface area contributed by atoms with Crippen molar-refractivity contribution in [3.63, 3.8) is 0 Å². The first-order valence-electron chi connectivity index (χ1n) is 4.88. The summed E-state index contributed by atoms with van der Waals surface area (Å²) < 4.78 is 5.38. The van der Waals surface area contributed by atoms with Gasteiger partial charge < -0.3 is 15.0 Å². The standard InChI is InChI=1S/C10H16N2O/c1-2-10(8-13-5-1)12-7-9-3-4-11-6-9/h3-4,6,10-12H,1-2,5,7-8H2. The van der Waals surface area contributed by atoms with Crippen LogP contribution in [0.15, 0.2) is 18.5 Å². The van der Waals surface area contributed by atoms with Crippen molar-refractivity contribution in [3.05, 3.63) is 24.0 Å². The smallest absolute Gasteiger partial charge is 0.0619 e. The Morgan fingerprint density at radius 2 is 2.62 bits per heavy atom. The van der Waals surface area contributed by atoms with Gasteiger partial charge in [0, 0.05) is 31.6 Å². The molecule has 1 fully saturated rings. The first kappa shape index (κ1) is 8.78. The number of hydrogen-bond donors (Lipinski definition) is 2. The van der Waals surface area contributed by atoms with Crippen LogP contribution in [0.3, 0.4) is 0 Å². The van der Waals surface area contributed by atoms with E-state index >= 15 is 0 Å². The first-order valence-corrected chi connectivity index (χ1v) is 4.88. The van der Waals surface area contributed by atoms with Gasteiger partial charge in [-0.2, -0.15) is 0 Å². The van der Waals surface area contributed by atoms with Crippen LogP contribution in [0.25, 0.3) is 0 Å². The minimum Gasteiger partial charge on any atom is -0.380 e. The molecule has 2 N–H and O–H groups in total. The summed E-state index contributed by atoms with van der Waals surface area (Å²) in [5.41, 5.74) is 1.31. The Kier molecular flexibility index (Phi) is 3.00. The van der Waals surface area contributed by atoms with Gasteiger partial charge in [0.25, 0.3) is 0 Å². The molecule has 1 aliphatic rings. The lowest BCUT2D eigenvalue weighted by Crippen LogP contribution is -2.36. The van der Waals surface area contributed by atoms with Crippen molar-refractivity contribution >= 4 is 0 Å². The number of aromatic amines is 1. The molecule has 1 saturated heterocycles. The molecular formula is C10H16N2O. The fourth-order valence-corrected chi connectivity index (χ4v) is 1.63. The van der Waals surface area contributed by atoms with Gasteiger partial charge in [0.1, 0.15) is 0 Å². The third kappa shape index (κ3) is 2.57. The van der Waals surface area contributed by atoms with Crippen molar-refractivity contribution in [1.82, 2.24) is 10.3 Å². The van der Waals surface area contributed by atoms with Gasteiger partial charge in [0.15, 0.2) is 0 Å². The van der Waals surface area contributed by atoms with Crippen LogP contribution < -0.4 is 5.32 Å². The number of H-pyrrole nitrogens is 1. The maximum atomic E-state index is 5.38. The van der Waals surface area contributed by atoms with Crippen molar-refractivity contribution in [2.45, 2.75) is 25.4 Å². The zero-order valence-corrected chi connectivity index (χ0v) is 7.75. The highest BCUT2D eigenvalue weighted by Crippen LogP contribution is 2.06. The van der Waals surface area contributed by atoms with Crippen LogP contribution in [0.4, 0.5) is 0 Å². The van der Waals surface area contributed by atoms with Gasteiger partial charge in [-0.1, -0.05) is 0 Å². The van der Waals surface area contributed by atoms with Crippen molar-refractivity contribution in [2.75, 3.05) is 13.2 Å². The number of ether oxygens (including phenoxy) is 1. The highest BCUT2D eigenvalue weighted by Gasteiger charge is 2.12. The Balaban J connectivity index is 1.72. The van der Waals surface area contributed by atoms with E-state index in [1.54, 1.807) is 0 Å². The van der Waals surface area contributed by atoms with Crippen molar-refractivity contribution in [3.8, 4) is 0 Å². The molecule has 1 unspecified atom stereocenters. The first-order chi connectivity index (χ1) is 6.45. The second-order valence-electron chi connectivity index (χ2n) is 3.51. The van der Waals surface area contributed by atoms with E-state index in [2.05, 4.69) is 16.4 Å². The maximum Gasteiger partial charge on any atom is 0.0619 e. The van der Waals surface area contributed by atoms with Gasteiger partial charge in [-0.3, -0.25) is 0 Å². The molecule has 72 valence electrons. The van der Waals surface area contributed by atoms with Crippen LogP contribution in [0, 0.1) is 0 Å². The van der Waals surface area contributed by atoms with E-state index in [1.807, 2.05) is 12.4 Å². The van der Waals surface area contributed by atoms with Crippen molar-refractivity contribution in [1.29, 1.82) is 0 Å². The second kappa shape index (κ2) is 4.44. The molecule has 0 bridgehead atoms. The highest BCUT2D eigenvalue weighted by molar-refractivity contribution is 5.07. The molecule has 0 spiro atoms. The number of aromatic nitrogens is 1. The van der Waals surface area contributed by atoms with Crippen LogP contribution in [0.1, 0.15) is 18.4 Å². The third-order valence-electron chi connectivity index (χ3n) is 2.42. The van der Waals surface area contributed by atoms with Crippen molar-refractivity contribution < 1.29 is 4.74 Å². The van der Waals surface area contributed by atoms with Crippen LogP contribution in [-0.2, 0) is 11.3 Å². The zero-order chi connectivity index (χ0) is 8.93. The summed E-state index contributed by atoms with van der Waals surface area (Å²) in [5, 5.41) is 3.48. The van der Waals surface area contributed by atoms with Crippen LogP contribution in [-0.4, -0.2) is 24.2 Å². The van der Waals surface area contributed by atoms with Gasteiger partial charge in [0.2, 0.25) is 0 Å². The largest absolute Gasteiger partial charge is 0.380 e. The molecule has 0 saturated carbocycles. The molecule has 1 aromatic rings. The summed E-state index contributed by atoms with van der Waals surface area (Å²) in [6.45, 7) is 2.74. The summed E-state index contributed by atoms with van der Waals surface area (Å²) in [6.07, 6.45) is 6.40. The Morgan fingerprint density at radius 3 is 3.31 bits per heavy atom. The zero-order valence-electron chi connectivity index (χ0n) is 7.75. The van der Waals surface area contributed by atoms with E-state index in [0.717, 1.165) is 19.8 Å². The lowest BCUT2D eigenvalue weighted by molar-refractivity contribution is 0.0699. The summed E-state index contributed by atoms with van der Waals surface area (Å²) in [5.74, 6) is 0. The summed E-state index contributed by atoms with van der Waals surface area (Å²) in [7, 11) is 0. The third-order valence-corrected chi connectivity index (χ3v) is 2.42. The molecule has 2 rings (SSSR count). The van der Waals surface area contributed by atoms with E-state index in [4.69, 9.17) is 4.74 Å². The maximum absolute atomic E-state index is 5.38. The van der Waals surface area contributed by atoms with E-state index < -0.39 is 0 Å². The van der Waals surface area contributed by atoms with Crippen LogP contribution in [0.5, 0.6) is 0 Å². The molecule has 1 aromatic heterocycles. The van der Waals surface area contributed by atoms with E-state index in [1.165, 1.54) is 18.4 Å². The fourth-order valence-electron chi connectivity index (χ4n) is 1.63. The molecule has 2 heterocycles. The van der Waals surface area contributed by atoms with Crippen LogP contribution >= 0.6 is 0 Å². The Labute approximate surface area is 78.5 Å². The Bertz CT molecular complexity index is 227. The average Bonchev–Trinajstić information content (AvgIpc) is 2.69. The van der Waals surface area contributed by atoms with Gasteiger partial charge >= 0.3 is 0 Å². The molecule has 13 heavy (non-hydrogen) atoms. The summed E-state index contributed by atoms with van der Waals surface area (Å²) >= 11 is 0. The number of nitrogens with one attached hydrogen (secondary N) is 2. The quantitative estimate of drug-likeness (QED) is 0.735. The minimum atomic E-state index is 0.545. The lowest BCUT2D eigenvalue weighted by Gasteiger charge is -2.22. The van der Waals surface area contributed by atoms with E-state index in [9.17, 15) is 0 Å². The van der Waals surface area contributed by atoms with Gasteiger partial charge in [-0.05, 0) is 24.5 Å². The monoisotopic (exact) mass is 180 g/mol.